The van der Waals surface area contributed by atoms with Crippen LogP contribution in [-0.2, 0) is 0 Å². The second-order valence-corrected chi connectivity index (χ2v) is 5.74. The Kier molecular flexibility index (Phi) is 4.24. The van der Waals surface area contributed by atoms with Crippen LogP contribution in [0.1, 0.15) is 30.1 Å². The molecule has 3 rings (SSSR count). The Hall–Kier alpha value is -2.14. The van der Waals surface area contributed by atoms with Gasteiger partial charge in [-0.3, -0.25) is 9.59 Å². The van der Waals surface area contributed by atoms with Gasteiger partial charge >= 0.3 is 0 Å². The highest BCUT2D eigenvalue weighted by molar-refractivity contribution is 6.06. The number of carbonyl (C=O) groups excluding carboxylic acids is 1. The first kappa shape index (κ1) is 14.8. The molecule has 22 heavy (non-hydrogen) atoms. The predicted molar refractivity (Wildman–Crippen MR) is 87.2 cm³/mol. The molecule has 1 saturated heterocycles. The number of benzene rings is 1. The maximum atomic E-state index is 13.0. The number of hydrogen-bond acceptors (Lipinski definition) is 3. The smallest absolute Gasteiger partial charge is 0.255 e. The lowest BCUT2D eigenvalue weighted by molar-refractivity contribution is 0.0694. The number of amides is 1. The lowest BCUT2D eigenvalue weighted by atomic mass is 10.1. The van der Waals surface area contributed by atoms with Gasteiger partial charge in [-0.2, -0.15) is 0 Å². The molecular weight excluding hydrogens is 278 g/mol. The Balaban J connectivity index is 2.04. The number of nitrogens with zero attached hydrogens (tertiary/aromatic N) is 1. The molecule has 5 nitrogen and oxygen atoms in total. The van der Waals surface area contributed by atoms with Gasteiger partial charge in [0.1, 0.15) is 0 Å². The maximum Gasteiger partial charge on any atom is 0.255 e. The van der Waals surface area contributed by atoms with Crippen LogP contribution in [0.3, 0.4) is 0 Å². The van der Waals surface area contributed by atoms with E-state index in [0.717, 1.165) is 31.3 Å². The summed E-state index contributed by atoms with van der Waals surface area (Å²) in [6, 6.07) is 9.10. The number of hydrogen-bond donors (Lipinski definition) is 2. The first-order chi connectivity index (χ1) is 10.7. The third-order valence-electron chi connectivity index (χ3n) is 4.18. The Morgan fingerprint density at radius 3 is 2.91 bits per heavy atom. The molecule has 2 heterocycles. The SMILES string of the molecule is CCCN(C(=O)c1cc(=O)[nH]c2ccccc12)C1CCNC1. The highest BCUT2D eigenvalue weighted by Crippen LogP contribution is 2.19. The number of para-hydroxylation sites is 1. The van der Waals surface area contributed by atoms with Crippen molar-refractivity contribution < 1.29 is 4.79 Å². The van der Waals surface area contributed by atoms with Crippen molar-refractivity contribution >= 4 is 16.8 Å². The average Bonchev–Trinajstić information content (AvgIpc) is 3.05. The third-order valence-corrected chi connectivity index (χ3v) is 4.18. The molecule has 116 valence electrons. The fourth-order valence-corrected chi connectivity index (χ4v) is 3.13. The summed E-state index contributed by atoms with van der Waals surface area (Å²) in [6.07, 6.45) is 1.87. The van der Waals surface area contributed by atoms with Crippen molar-refractivity contribution in [2.75, 3.05) is 19.6 Å². The molecule has 1 aromatic carbocycles. The molecule has 2 N–H and O–H groups in total. The van der Waals surface area contributed by atoms with E-state index >= 15 is 0 Å². The lowest BCUT2D eigenvalue weighted by Gasteiger charge is -2.28. The number of pyridine rings is 1. The predicted octanol–water partition coefficient (Wildman–Crippen LogP) is 1.74. The second-order valence-electron chi connectivity index (χ2n) is 5.74. The zero-order valence-corrected chi connectivity index (χ0v) is 12.8. The molecule has 1 fully saturated rings. The van der Waals surface area contributed by atoms with Crippen LogP contribution in [0.25, 0.3) is 10.9 Å². The molecule has 0 radical (unpaired) electrons. The molecular formula is C17H21N3O2. The van der Waals surface area contributed by atoms with Gasteiger partial charge < -0.3 is 15.2 Å². The van der Waals surface area contributed by atoms with Crippen LogP contribution < -0.4 is 10.9 Å². The first-order valence-corrected chi connectivity index (χ1v) is 7.84. The standard InChI is InChI=1S/C17H21N3O2/c1-2-9-20(12-7-8-18-11-12)17(22)14-10-16(21)19-15-6-4-3-5-13(14)15/h3-6,10,12,18H,2,7-9,11H2,1H3,(H,19,21). The van der Waals surface area contributed by atoms with E-state index in [2.05, 4.69) is 17.2 Å². The average molecular weight is 299 g/mol. The summed E-state index contributed by atoms with van der Waals surface area (Å²) in [7, 11) is 0. The summed E-state index contributed by atoms with van der Waals surface area (Å²) in [5.41, 5.74) is 0.974. The van der Waals surface area contributed by atoms with Gasteiger partial charge in [0.2, 0.25) is 5.56 Å². The van der Waals surface area contributed by atoms with Gasteiger partial charge in [0.15, 0.2) is 0 Å². The number of fused-ring (bicyclic) bond motifs is 1. The van der Waals surface area contributed by atoms with Gasteiger partial charge in [0.25, 0.3) is 5.91 Å². The summed E-state index contributed by atoms with van der Waals surface area (Å²) in [5, 5.41) is 4.11. The number of aromatic amines is 1. The van der Waals surface area contributed by atoms with E-state index in [1.54, 1.807) is 0 Å². The summed E-state index contributed by atoms with van der Waals surface area (Å²) >= 11 is 0. The molecule has 0 bridgehead atoms. The minimum Gasteiger partial charge on any atom is -0.334 e. The van der Waals surface area contributed by atoms with Crippen LogP contribution in [0.4, 0.5) is 0 Å². The van der Waals surface area contributed by atoms with E-state index < -0.39 is 0 Å². The molecule has 1 aromatic heterocycles. The van der Waals surface area contributed by atoms with Gasteiger partial charge in [-0.1, -0.05) is 25.1 Å². The highest BCUT2D eigenvalue weighted by Gasteiger charge is 2.27. The summed E-state index contributed by atoms with van der Waals surface area (Å²) in [4.78, 5) is 29.6. The molecule has 0 saturated carbocycles. The fourth-order valence-electron chi connectivity index (χ4n) is 3.13. The van der Waals surface area contributed by atoms with E-state index in [-0.39, 0.29) is 17.5 Å². The number of rotatable bonds is 4. The van der Waals surface area contributed by atoms with Crippen LogP contribution in [0.15, 0.2) is 35.1 Å². The Bertz CT molecular complexity index is 732. The topological polar surface area (TPSA) is 65.2 Å². The van der Waals surface area contributed by atoms with Gasteiger partial charge in [-0.25, -0.2) is 0 Å². The van der Waals surface area contributed by atoms with Gasteiger partial charge in [0.05, 0.1) is 5.56 Å². The lowest BCUT2D eigenvalue weighted by Crippen LogP contribution is -2.42. The van der Waals surface area contributed by atoms with Gasteiger partial charge in [0, 0.05) is 36.1 Å². The minimum atomic E-state index is -0.233. The van der Waals surface area contributed by atoms with Crippen molar-refractivity contribution in [3.63, 3.8) is 0 Å². The quantitative estimate of drug-likeness (QED) is 0.904. The van der Waals surface area contributed by atoms with Crippen molar-refractivity contribution in [3.05, 3.63) is 46.2 Å². The van der Waals surface area contributed by atoms with E-state index in [1.165, 1.54) is 6.07 Å². The fraction of sp³-hybridized carbons (Fsp3) is 0.412. The summed E-state index contributed by atoms with van der Waals surface area (Å²) in [6.45, 7) is 4.55. The highest BCUT2D eigenvalue weighted by atomic mass is 16.2. The van der Waals surface area contributed by atoms with E-state index in [9.17, 15) is 9.59 Å². The Morgan fingerprint density at radius 1 is 1.36 bits per heavy atom. The zero-order chi connectivity index (χ0) is 15.5. The second kappa shape index (κ2) is 6.32. The van der Waals surface area contributed by atoms with Crippen molar-refractivity contribution in [2.45, 2.75) is 25.8 Å². The van der Waals surface area contributed by atoms with Crippen LogP contribution in [0, 0.1) is 0 Å². The minimum absolute atomic E-state index is 0.0437. The molecule has 1 amide bonds. The number of H-pyrrole nitrogens is 1. The molecule has 1 aliphatic heterocycles. The third kappa shape index (κ3) is 2.76. The largest absolute Gasteiger partial charge is 0.334 e. The maximum absolute atomic E-state index is 13.0. The van der Waals surface area contributed by atoms with Gasteiger partial charge in [-0.15, -0.1) is 0 Å². The van der Waals surface area contributed by atoms with Crippen LogP contribution in [-0.4, -0.2) is 41.5 Å². The molecule has 0 spiro atoms. The van der Waals surface area contributed by atoms with Crippen LogP contribution in [0.5, 0.6) is 0 Å². The molecule has 1 aliphatic rings. The molecule has 2 aromatic rings. The summed E-state index contributed by atoms with van der Waals surface area (Å²) < 4.78 is 0. The van der Waals surface area contributed by atoms with Crippen molar-refractivity contribution in [2.24, 2.45) is 0 Å². The van der Waals surface area contributed by atoms with E-state index in [0.29, 0.717) is 17.6 Å². The van der Waals surface area contributed by atoms with Crippen molar-refractivity contribution in [1.82, 2.24) is 15.2 Å². The van der Waals surface area contributed by atoms with Crippen molar-refractivity contribution in [1.29, 1.82) is 0 Å². The van der Waals surface area contributed by atoms with E-state index in [4.69, 9.17) is 0 Å². The van der Waals surface area contributed by atoms with Gasteiger partial charge in [-0.05, 0) is 25.5 Å². The summed E-state index contributed by atoms with van der Waals surface area (Å²) in [5.74, 6) is -0.0437. The first-order valence-electron chi connectivity index (χ1n) is 7.84. The molecule has 5 heteroatoms. The van der Waals surface area contributed by atoms with Crippen LogP contribution >= 0.6 is 0 Å². The Morgan fingerprint density at radius 2 is 2.18 bits per heavy atom. The van der Waals surface area contributed by atoms with Crippen molar-refractivity contribution in [3.8, 4) is 0 Å². The van der Waals surface area contributed by atoms with Crippen LogP contribution in [0.2, 0.25) is 0 Å². The Labute approximate surface area is 129 Å². The normalized spacial score (nSPS) is 17.8. The number of nitrogens with one attached hydrogen (secondary N) is 2. The molecule has 1 unspecified atom stereocenters. The van der Waals surface area contributed by atoms with E-state index in [1.807, 2.05) is 29.2 Å². The zero-order valence-electron chi connectivity index (χ0n) is 12.8. The molecule has 0 aliphatic carbocycles. The molecule has 1 atom stereocenters. The number of aromatic nitrogens is 1. The monoisotopic (exact) mass is 299 g/mol. The number of carbonyl (C=O) groups is 1.